The summed E-state index contributed by atoms with van der Waals surface area (Å²) < 4.78 is 3.49. The van der Waals surface area contributed by atoms with Crippen LogP contribution >= 0.6 is 12.2 Å². The van der Waals surface area contributed by atoms with Crippen LogP contribution in [-0.2, 0) is 13.1 Å². The molecular weight excluding hydrogens is 238 g/mol. The normalized spacial score (nSPS) is 10.6. The molecule has 0 unspecified atom stereocenters. The average Bonchev–Trinajstić information content (AvgIpc) is 2.90. The van der Waals surface area contributed by atoms with Gasteiger partial charge in [0.15, 0.2) is 0 Å². The maximum absolute atomic E-state index is 5.44. The number of thiocarbonyl (C=S) groups is 1. The molecule has 0 aliphatic heterocycles. The van der Waals surface area contributed by atoms with Crippen LogP contribution in [0.4, 0.5) is 0 Å². The first-order chi connectivity index (χ1) is 8.20. The Morgan fingerprint density at radius 2 is 2.29 bits per heavy atom. The first-order valence-electron chi connectivity index (χ1n) is 5.26. The van der Waals surface area contributed by atoms with Crippen LogP contribution in [0, 0.1) is 0 Å². The molecule has 90 valence electrons. The van der Waals surface area contributed by atoms with Gasteiger partial charge in [0.1, 0.15) is 30.0 Å². The number of aromatic nitrogens is 6. The number of hydrogen-bond donors (Lipinski definition) is 1. The zero-order valence-electron chi connectivity index (χ0n) is 9.44. The highest BCUT2D eigenvalue weighted by Gasteiger charge is 2.07. The molecule has 0 aliphatic carbocycles. The summed E-state index contributed by atoms with van der Waals surface area (Å²) in [6.07, 6.45) is 4.13. The predicted octanol–water partition coefficient (Wildman–Crippen LogP) is -0.0379. The molecule has 7 nitrogen and oxygen atoms in total. The van der Waals surface area contributed by atoms with Crippen molar-refractivity contribution in [3.05, 3.63) is 24.3 Å². The van der Waals surface area contributed by atoms with E-state index < -0.39 is 0 Å². The van der Waals surface area contributed by atoms with E-state index in [1.54, 1.807) is 11.0 Å². The Bertz CT molecular complexity index is 515. The van der Waals surface area contributed by atoms with E-state index in [9.17, 15) is 0 Å². The van der Waals surface area contributed by atoms with E-state index in [4.69, 9.17) is 18.0 Å². The fourth-order valence-corrected chi connectivity index (χ4v) is 1.53. The van der Waals surface area contributed by atoms with Crippen LogP contribution in [0.1, 0.15) is 25.0 Å². The fraction of sp³-hybridized carbons (Fsp3) is 0.444. The van der Waals surface area contributed by atoms with Crippen molar-refractivity contribution in [3.8, 4) is 0 Å². The smallest absolute Gasteiger partial charge is 0.208 e. The second-order valence-corrected chi connectivity index (χ2v) is 3.97. The highest BCUT2D eigenvalue weighted by molar-refractivity contribution is 7.80. The summed E-state index contributed by atoms with van der Waals surface area (Å²) >= 11 is 4.80. The Balaban J connectivity index is 2.13. The van der Waals surface area contributed by atoms with E-state index in [1.165, 1.54) is 6.33 Å². The van der Waals surface area contributed by atoms with E-state index in [2.05, 4.69) is 27.1 Å². The molecule has 0 atom stereocenters. The van der Waals surface area contributed by atoms with Crippen molar-refractivity contribution < 1.29 is 0 Å². The van der Waals surface area contributed by atoms with E-state index in [0.29, 0.717) is 12.4 Å². The van der Waals surface area contributed by atoms with Gasteiger partial charge in [-0.25, -0.2) is 19.3 Å². The van der Waals surface area contributed by atoms with Crippen LogP contribution in [-0.4, -0.2) is 34.5 Å². The van der Waals surface area contributed by atoms with Gasteiger partial charge in [0, 0.05) is 6.54 Å². The van der Waals surface area contributed by atoms with E-state index in [0.717, 1.165) is 18.8 Å². The summed E-state index contributed by atoms with van der Waals surface area (Å²) in [6.45, 7) is 3.44. The van der Waals surface area contributed by atoms with Crippen molar-refractivity contribution in [1.82, 2.24) is 29.5 Å². The molecule has 0 saturated heterocycles. The Hall–Kier alpha value is -1.83. The van der Waals surface area contributed by atoms with Gasteiger partial charge in [0.25, 0.3) is 0 Å². The summed E-state index contributed by atoms with van der Waals surface area (Å²) in [5.74, 6) is 1.22. The molecular formula is C9H13N7S. The lowest BCUT2D eigenvalue weighted by atomic mass is 10.5. The molecule has 0 aromatic carbocycles. The van der Waals surface area contributed by atoms with E-state index >= 15 is 0 Å². The number of aryl methyl sites for hydroxylation is 1. The largest absolute Gasteiger partial charge is 0.387 e. The number of hydrogen-bond acceptors (Lipinski definition) is 5. The third-order valence-corrected chi connectivity index (χ3v) is 2.37. The lowest BCUT2D eigenvalue weighted by molar-refractivity contribution is 0.538. The van der Waals surface area contributed by atoms with Gasteiger partial charge in [0.2, 0.25) is 5.82 Å². The molecule has 8 heteroatoms. The molecule has 0 fully saturated rings. The van der Waals surface area contributed by atoms with Crippen molar-refractivity contribution in [2.75, 3.05) is 0 Å². The number of nitrogens with two attached hydrogens (primary N) is 1. The Morgan fingerprint density at radius 3 is 2.94 bits per heavy atom. The minimum Gasteiger partial charge on any atom is -0.387 e. The molecule has 0 spiro atoms. The quantitative estimate of drug-likeness (QED) is 0.750. The van der Waals surface area contributed by atoms with Gasteiger partial charge in [-0.3, -0.25) is 0 Å². The second kappa shape index (κ2) is 5.00. The molecule has 0 aliphatic rings. The summed E-state index contributed by atoms with van der Waals surface area (Å²) in [5.41, 5.74) is 5.44. The maximum Gasteiger partial charge on any atom is 0.208 e. The molecule has 0 radical (unpaired) electrons. The molecule has 2 aromatic rings. The zero-order valence-corrected chi connectivity index (χ0v) is 10.3. The lowest BCUT2D eigenvalue weighted by Gasteiger charge is -2.03. The highest BCUT2D eigenvalue weighted by Crippen LogP contribution is 1.99. The molecule has 0 bridgehead atoms. The molecule has 2 N–H and O–H groups in total. The van der Waals surface area contributed by atoms with Gasteiger partial charge in [-0.05, 0) is 6.42 Å². The van der Waals surface area contributed by atoms with Crippen LogP contribution in [0.3, 0.4) is 0 Å². The van der Waals surface area contributed by atoms with Crippen LogP contribution < -0.4 is 5.73 Å². The number of rotatable bonds is 5. The summed E-state index contributed by atoms with van der Waals surface area (Å²) in [6, 6.07) is 0. The zero-order chi connectivity index (χ0) is 12.3. The SMILES string of the molecule is CCCn1ncnc1Cn1cnc(C(N)=S)n1. The lowest BCUT2D eigenvalue weighted by Crippen LogP contribution is -2.14. The van der Waals surface area contributed by atoms with Gasteiger partial charge in [0.05, 0.1) is 0 Å². The summed E-state index contributed by atoms with van der Waals surface area (Å²) in [5, 5.41) is 8.28. The molecule has 17 heavy (non-hydrogen) atoms. The van der Waals surface area contributed by atoms with Crippen LogP contribution in [0.5, 0.6) is 0 Å². The highest BCUT2D eigenvalue weighted by atomic mass is 32.1. The molecule has 0 saturated carbocycles. The summed E-state index contributed by atoms with van der Waals surface area (Å²) in [4.78, 5) is 8.38. The van der Waals surface area contributed by atoms with E-state index in [1.807, 2.05) is 4.68 Å². The number of nitrogens with zero attached hydrogens (tertiary/aromatic N) is 6. The van der Waals surface area contributed by atoms with Crippen LogP contribution in [0.15, 0.2) is 12.7 Å². The Kier molecular flexibility index (Phi) is 3.43. The third kappa shape index (κ3) is 2.64. The Morgan fingerprint density at radius 1 is 1.47 bits per heavy atom. The topological polar surface area (TPSA) is 87.4 Å². The van der Waals surface area contributed by atoms with Crippen LogP contribution in [0.25, 0.3) is 0 Å². The van der Waals surface area contributed by atoms with Crippen molar-refractivity contribution in [2.45, 2.75) is 26.4 Å². The minimum atomic E-state index is 0.193. The third-order valence-electron chi connectivity index (χ3n) is 2.19. The monoisotopic (exact) mass is 251 g/mol. The van der Waals surface area contributed by atoms with Gasteiger partial charge in [-0.15, -0.1) is 5.10 Å². The fourth-order valence-electron chi connectivity index (χ4n) is 1.44. The molecule has 2 aromatic heterocycles. The van der Waals surface area contributed by atoms with Gasteiger partial charge in [-0.2, -0.15) is 5.10 Å². The van der Waals surface area contributed by atoms with E-state index in [-0.39, 0.29) is 4.99 Å². The van der Waals surface area contributed by atoms with Crippen molar-refractivity contribution >= 4 is 17.2 Å². The summed E-state index contributed by atoms with van der Waals surface area (Å²) in [7, 11) is 0. The maximum atomic E-state index is 5.44. The van der Waals surface area contributed by atoms with Crippen molar-refractivity contribution in [2.24, 2.45) is 5.73 Å². The molecule has 0 amide bonds. The Labute approximate surface area is 104 Å². The predicted molar refractivity (Wildman–Crippen MR) is 65.3 cm³/mol. The average molecular weight is 251 g/mol. The standard InChI is InChI=1S/C9H13N7S/c1-2-3-16-7(11-5-13-16)4-15-6-12-9(14-15)8(10)17/h5-6H,2-4H2,1H3,(H2,10,17). The van der Waals surface area contributed by atoms with Gasteiger partial charge >= 0.3 is 0 Å². The second-order valence-electron chi connectivity index (χ2n) is 3.53. The van der Waals surface area contributed by atoms with Crippen molar-refractivity contribution in [3.63, 3.8) is 0 Å². The van der Waals surface area contributed by atoms with Gasteiger partial charge < -0.3 is 5.73 Å². The van der Waals surface area contributed by atoms with Crippen LogP contribution in [0.2, 0.25) is 0 Å². The minimum absolute atomic E-state index is 0.193. The molecule has 2 rings (SSSR count). The van der Waals surface area contributed by atoms with Gasteiger partial charge in [-0.1, -0.05) is 19.1 Å². The van der Waals surface area contributed by atoms with Crippen molar-refractivity contribution in [1.29, 1.82) is 0 Å². The first kappa shape index (κ1) is 11.6. The molecule has 2 heterocycles. The first-order valence-corrected chi connectivity index (χ1v) is 5.67.